The number of aromatic nitrogens is 2. The Labute approximate surface area is 89.1 Å². The maximum absolute atomic E-state index is 4.42. The lowest BCUT2D eigenvalue weighted by molar-refractivity contribution is 0.784. The van der Waals surface area contributed by atoms with E-state index in [1.54, 1.807) is 0 Å². The summed E-state index contributed by atoms with van der Waals surface area (Å²) >= 11 is 1.49. The standard InChI is InChI=1S/C10H17N3S/c1-3-4-9-12-10(14-13-9)11-6-8-5-7(8)2/h7-8H,3-6H2,1-2H3,(H,11,12,13). The lowest BCUT2D eigenvalue weighted by atomic mass is 10.3. The predicted molar refractivity (Wildman–Crippen MR) is 59.7 cm³/mol. The molecule has 1 fully saturated rings. The molecule has 0 aromatic carbocycles. The fourth-order valence-corrected chi connectivity index (χ4v) is 2.17. The van der Waals surface area contributed by atoms with Crippen LogP contribution in [-0.2, 0) is 6.42 Å². The second-order valence-electron chi connectivity index (χ2n) is 4.12. The van der Waals surface area contributed by atoms with Gasteiger partial charge in [-0.1, -0.05) is 13.8 Å². The highest BCUT2D eigenvalue weighted by molar-refractivity contribution is 7.09. The summed E-state index contributed by atoms with van der Waals surface area (Å²) in [6.07, 6.45) is 3.49. The summed E-state index contributed by atoms with van der Waals surface area (Å²) in [5.41, 5.74) is 0. The molecule has 0 radical (unpaired) electrons. The van der Waals surface area contributed by atoms with Crippen LogP contribution in [0.25, 0.3) is 0 Å². The molecule has 0 amide bonds. The van der Waals surface area contributed by atoms with Crippen LogP contribution in [0.5, 0.6) is 0 Å². The van der Waals surface area contributed by atoms with Crippen molar-refractivity contribution in [2.75, 3.05) is 11.9 Å². The second-order valence-corrected chi connectivity index (χ2v) is 4.87. The number of anilines is 1. The highest BCUT2D eigenvalue weighted by atomic mass is 32.1. The first kappa shape index (κ1) is 9.90. The topological polar surface area (TPSA) is 37.8 Å². The zero-order valence-corrected chi connectivity index (χ0v) is 9.60. The zero-order valence-electron chi connectivity index (χ0n) is 8.79. The lowest BCUT2D eigenvalue weighted by Crippen LogP contribution is -2.03. The van der Waals surface area contributed by atoms with Gasteiger partial charge in [-0.2, -0.15) is 4.37 Å². The van der Waals surface area contributed by atoms with Crippen LogP contribution in [0.4, 0.5) is 5.13 Å². The van der Waals surface area contributed by atoms with Crippen molar-refractivity contribution in [3.8, 4) is 0 Å². The summed E-state index contributed by atoms with van der Waals surface area (Å²) in [5.74, 6) is 2.77. The van der Waals surface area contributed by atoms with Gasteiger partial charge in [0.05, 0.1) is 0 Å². The van der Waals surface area contributed by atoms with Crippen LogP contribution in [0.1, 0.15) is 32.5 Å². The van der Waals surface area contributed by atoms with Gasteiger partial charge in [0.1, 0.15) is 5.82 Å². The first-order chi connectivity index (χ1) is 6.79. The molecule has 0 bridgehead atoms. The molecule has 1 N–H and O–H groups in total. The highest BCUT2D eigenvalue weighted by Gasteiger charge is 2.32. The molecule has 4 heteroatoms. The molecule has 0 aliphatic heterocycles. The SMILES string of the molecule is CCCc1nsc(NCC2CC2C)n1. The van der Waals surface area contributed by atoms with Crippen LogP contribution < -0.4 is 5.32 Å². The second kappa shape index (κ2) is 4.26. The Kier molecular flexibility index (Phi) is 3.01. The molecule has 2 atom stereocenters. The maximum Gasteiger partial charge on any atom is 0.202 e. The van der Waals surface area contributed by atoms with E-state index in [0.717, 1.165) is 42.2 Å². The maximum atomic E-state index is 4.42. The van der Waals surface area contributed by atoms with Crippen molar-refractivity contribution >= 4 is 16.7 Å². The molecule has 0 saturated heterocycles. The zero-order chi connectivity index (χ0) is 9.97. The molecule has 1 aliphatic carbocycles. The number of aryl methyl sites for hydroxylation is 1. The Balaban J connectivity index is 1.78. The molecule has 14 heavy (non-hydrogen) atoms. The monoisotopic (exact) mass is 211 g/mol. The van der Waals surface area contributed by atoms with E-state index in [1.165, 1.54) is 18.0 Å². The third-order valence-electron chi connectivity index (χ3n) is 2.73. The summed E-state index contributed by atoms with van der Waals surface area (Å²) in [6.45, 7) is 5.52. The fourth-order valence-electron chi connectivity index (χ4n) is 1.55. The first-order valence-corrected chi connectivity index (χ1v) is 6.13. The Morgan fingerprint density at radius 3 is 3.00 bits per heavy atom. The summed E-state index contributed by atoms with van der Waals surface area (Å²) in [6, 6.07) is 0. The Hall–Kier alpha value is -0.640. The van der Waals surface area contributed by atoms with E-state index in [1.807, 2.05) is 0 Å². The molecular formula is C10H17N3S. The summed E-state index contributed by atoms with van der Waals surface area (Å²) in [4.78, 5) is 4.42. The molecule has 1 aromatic rings. The van der Waals surface area contributed by atoms with Crippen molar-refractivity contribution in [1.29, 1.82) is 0 Å². The van der Waals surface area contributed by atoms with Gasteiger partial charge in [-0.05, 0) is 24.7 Å². The number of hydrogen-bond donors (Lipinski definition) is 1. The minimum atomic E-state index is 0.869. The van der Waals surface area contributed by atoms with Crippen molar-refractivity contribution in [2.24, 2.45) is 11.8 Å². The summed E-state index contributed by atoms with van der Waals surface area (Å²) in [7, 11) is 0. The van der Waals surface area contributed by atoms with E-state index in [4.69, 9.17) is 0 Å². The van der Waals surface area contributed by atoms with E-state index in [-0.39, 0.29) is 0 Å². The lowest BCUT2D eigenvalue weighted by Gasteiger charge is -1.98. The van der Waals surface area contributed by atoms with Gasteiger partial charge in [0.2, 0.25) is 5.13 Å². The van der Waals surface area contributed by atoms with Gasteiger partial charge in [-0.15, -0.1) is 0 Å². The van der Waals surface area contributed by atoms with E-state index in [2.05, 4.69) is 28.5 Å². The minimum absolute atomic E-state index is 0.869. The van der Waals surface area contributed by atoms with Crippen molar-refractivity contribution in [3.05, 3.63) is 5.82 Å². The average Bonchev–Trinajstić information content (AvgIpc) is 2.69. The third-order valence-corrected chi connectivity index (χ3v) is 3.44. The smallest absolute Gasteiger partial charge is 0.202 e. The van der Waals surface area contributed by atoms with Crippen LogP contribution in [0, 0.1) is 11.8 Å². The molecule has 1 saturated carbocycles. The molecule has 78 valence electrons. The van der Waals surface area contributed by atoms with E-state index < -0.39 is 0 Å². The molecule has 1 aromatic heterocycles. The molecule has 2 rings (SSSR count). The first-order valence-electron chi connectivity index (χ1n) is 5.36. The number of rotatable bonds is 5. The van der Waals surface area contributed by atoms with Gasteiger partial charge in [0, 0.05) is 24.5 Å². The van der Waals surface area contributed by atoms with Crippen LogP contribution >= 0.6 is 11.5 Å². The van der Waals surface area contributed by atoms with Crippen molar-refractivity contribution in [1.82, 2.24) is 9.36 Å². The Morgan fingerprint density at radius 1 is 1.57 bits per heavy atom. The van der Waals surface area contributed by atoms with E-state index in [0.29, 0.717) is 0 Å². The fraction of sp³-hybridized carbons (Fsp3) is 0.800. The van der Waals surface area contributed by atoms with Crippen LogP contribution in [-0.4, -0.2) is 15.9 Å². The van der Waals surface area contributed by atoms with Gasteiger partial charge < -0.3 is 5.32 Å². The van der Waals surface area contributed by atoms with Crippen LogP contribution in [0.3, 0.4) is 0 Å². The van der Waals surface area contributed by atoms with E-state index >= 15 is 0 Å². The van der Waals surface area contributed by atoms with Gasteiger partial charge in [0.25, 0.3) is 0 Å². The quantitative estimate of drug-likeness (QED) is 0.813. The predicted octanol–water partition coefficient (Wildman–Crippen LogP) is 2.56. The molecule has 1 aliphatic rings. The van der Waals surface area contributed by atoms with Gasteiger partial charge in [-0.3, -0.25) is 0 Å². The van der Waals surface area contributed by atoms with Gasteiger partial charge in [0.15, 0.2) is 0 Å². The van der Waals surface area contributed by atoms with Crippen molar-refractivity contribution in [3.63, 3.8) is 0 Å². The van der Waals surface area contributed by atoms with E-state index in [9.17, 15) is 0 Å². The number of hydrogen-bond acceptors (Lipinski definition) is 4. The van der Waals surface area contributed by atoms with Gasteiger partial charge in [-0.25, -0.2) is 4.98 Å². The molecule has 2 unspecified atom stereocenters. The minimum Gasteiger partial charge on any atom is -0.360 e. The van der Waals surface area contributed by atoms with Crippen molar-refractivity contribution in [2.45, 2.75) is 33.1 Å². The number of nitrogens with one attached hydrogen (secondary N) is 1. The molecule has 0 spiro atoms. The Bertz CT molecular complexity index is 297. The normalized spacial score (nSPS) is 25.0. The van der Waals surface area contributed by atoms with Crippen LogP contribution in [0.15, 0.2) is 0 Å². The van der Waals surface area contributed by atoms with Crippen molar-refractivity contribution < 1.29 is 0 Å². The summed E-state index contributed by atoms with van der Waals surface area (Å²) < 4.78 is 4.29. The molecule has 1 heterocycles. The average molecular weight is 211 g/mol. The largest absolute Gasteiger partial charge is 0.360 e. The van der Waals surface area contributed by atoms with Crippen LogP contribution in [0.2, 0.25) is 0 Å². The third kappa shape index (κ3) is 2.44. The summed E-state index contributed by atoms with van der Waals surface area (Å²) in [5, 5.41) is 4.35. The highest BCUT2D eigenvalue weighted by Crippen LogP contribution is 2.37. The number of nitrogens with zero attached hydrogens (tertiary/aromatic N) is 2. The van der Waals surface area contributed by atoms with Gasteiger partial charge >= 0.3 is 0 Å². The molecule has 3 nitrogen and oxygen atoms in total. The molecular weight excluding hydrogens is 194 g/mol. The Morgan fingerprint density at radius 2 is 2.36 bits per heavy atom.